The smallest absolute Gasteiger partial charge is 0.274 e. The number of hydrogen-bond donors (Lipinski definition) is 2. The number of fused-ring (bicyclic) bond motifs is 1. The molecule has 2 rings (SSSR count). The Morgan fingerprint density at radius 3 is 2.89 bits per heavy atom. The summed E-state index contributed by atoms with van der Waals surface area (Å²) in [7, 11) is 2.08. The summed E-state index contributed by atoms with van der Waals surface area (Å²) in [5.41, 5.74) is 3.09. The summed E-state index contributed by atoms with van der Waals surface area (Å²) in [5, 5.41) is 8.66. The maximum atomic E-state index is 11.4. The second-order valence-corrected chi connectivity index (χ2v) is 5.30. The van der Waals surface area contributed by atoms with Crippen molar-refractivity contribution < 1.29 is 14.7 Å². The van der Waals surface area contributed by atoms with Gasteiger partial charge >= 0.3 is 0 Å². The van der Waals surface area contributed by atoms with Gasteiger partial charge in [0.1, 0.15) is 12.4 Å². The van der Waals surface area contributed by atoms with Gasteiger partial charge in [-0.1, -0.05) is 19.9 Å². The Morgan fingerprint density at radius 2 is 2.26 bits per heavy atom. The average Bonchev–Trinajstić information content (AvgIpc) is 2.55. The molecule has 1 aliphatic heterocycles. The lowest BCUT2D eigenvalue weighted by Crippen LogP contribution is -2.38. The van der Waals surface area contributed by atoms with Gasteiger partial charge in [0.15, 0.2) is 0 Å². The van der Waals surface area contributed by atoms with Gasteiger partial charge in [-0.3, -0.25) is 14.9 Å². The van der Waals surface area contributed by atoms with Crippen molar-refractivity contribution in [3.63, 3.8) is 0 Å². The Balaban J connectivity index is 2.27. The number of likely N-dealkylation sites (N-methyl/N-ethyl adjacent to an activating group) is 1. The van der Waals surface area contributed by atoms with Crippen molar-refractivity contribution in [1.29, 1.82) is 0 Å². The Bertz CT molecular complexity index is 474. The van der Waals surface area contributed by atoms with Crippen LogP contribution in [-0.4, -0.2) is 35.7 Å². The van der Waals surface area contributed by atoms with E-state index in [0.717, 1.165) is 17.9 Å². The van der Waals surface area contributed by atoms with Crippen molar-refractivity contribution in [3.05, 3.63) is 29.3 Å². The van der Waals surface area contributed by atoms with Gasteiger partial charge in [0.2, 0.25) is 0 Å². The molecule has 0 saturated carbocycles. The molecule has 0 aliphatic carbocycles. The summed E-state index contributed by atoms with van der Waals surface area (Å²) in [6.45, 7) is 5.74. The van der Waals surface area contributed by atoms with Gasteiger partial charge in [-0.15, -0.1) is 0 Å². The second kappa shape index (κ2) is 5.59. The first-order valence-electron chi connectivity index (χ1n) is 6.43. The highest BCUT2D eigenvalue weighted by Gasteiger charge is 2.24. The molecule has 104 valence electrons. The number of carbonyl (C=O) groups excluding carboxylic acids is 1. The van der Waals surface area contributed by atoms with Crippen LogP contribution in [0.1, 0.15) is 29.8 Å². The van der Waals surface area contributed by atoms with Gasteiger partial charge in [-0.05, 0) is 25.1 Å². The van der Waals surface area contributed by atoms with E-state index in [1.165, 1.54) is 0 Å². The minimum Gasteiger partial charge on any atom is -0.492 e. The Kier molecular flexibility index (Phi) is 4.07. The summed E-state index contributed by atoms with van der Waals surface area (Å²) in [5.74, 6) is 0.694. The normalized spacial score (nSPS) is 19.5. The third-order valence-corrected chi connectivity index (χ3v) is 3.60. The quantitative estimate of drug-likeness (QED) is 0.630. The molecule has 0 aromatic heterocycles. The highest BCUT2D eigenvalue weighted by Crippen LogP contribution is 2.27. The van der Waals surface area contributed by atoms with Crippen molar-refractivity contribution in [2.24, 2.45) is 5.92 Å². The number of hydroxylamine groups is 1. The van der Waals surface area contributed by atoms with E-state index in [4.69, 9.17) is 9.94 Å². The third-order valence-electron chi connectivity index (χ3n) is 3.60. The van der Waals surface area contributed by atoms with Crippen LogP contribution in [-0.2, 0) is 6.54 Å². The Labute approximate surface area is 113 Å². The summed E-state index contributed by atoms with van der Waals surface area (Å²) in [4.78, 5) is 13.7. The Hall–Kier alpha value is -1.59. The molecule has 1 aliphatic rings. The maximum Gasteiger partial charge on any atom is 0.274 e. The molecule has 0 spiro atoms. The van der Waals surface area contributed by atoms with Crippen molar-refractivity contribution in [1.82, 2.24) is 10.4 Å². The zero-order valence-electron chi connectivity index (χ0n) is 11.5. The molecule has 19 heavy (non-hydrogen) atoms. The number of nitrogens with zero attached hydrogens (tertiary/aromatic N) is 1. The summed E-state index contributed by atoms with van der Waals surface area (Å²) < 4.78 is 5.82. The lowest BCUT2D eigenvalue weighted by molar-refractivity contribution is 0.0706. The Morgan fingerprint density at radius 1 is 1.53 bits per heavy atom. The molecule has 0 radical (unpaired) electrons. The lowest BCUT2D eigenvalue weighted by atomic mass is 10.0. The lowest BCUT2D eigenvalue weighted by Gasteiger charge is -2.27. The van der Waals surface area contributed by atoms with E-state index >= 15 is 0 Å². The van der Waals surface area contributed by atoms with Crippen molar-refractivity contribution in [2.45, 2.75) is 26.4 Å². The van der Waals surface area contributed by atoms with E-state index in [1.54, 1.807) is 17.6 Å². The number of ether oxygens (including phenoxy) is 1. The van der Waals surface area contributed by atoms with E-state index < -0.39 is 5.91 Å². The van der Waals surface area contributed by atoms with Gasteiger partial charge in [0, 0.05) is 23.7 Å². The van der Waals surface area contributed by atoms with Crippen LogP contribution in [0.3, 0.4) is 0 Å². The molecule has 5 heteroatoms. The first-order valence-corrected chi connectivity index (χ1v) is 6.43. The van der Waals surface area contributed by atoms with Gasteiger partial charge in [0.25, 0.3) is 5.91 Å². The molecule has 0 saturated heterocycles. The van der Waals surface area contributed by atoms with Crippen LogP contribution in [0, 0.1) is 5.92 Å². The standard InChI is InChI=1S/C14H20N2O3/c1-9(2)12-8-19-13-6-10(14(17)15-18)4-5-11(13)7-16(12)3/h4-6,9,12,18H,7-8H2,1-3H3,(H,15,17)/t12-/m0/s1. The number of benzene rings is 1. The minimum absolute atomic E-state index is 0.350. The number of rotatable bonds is 2. The van der Waals surface area contributed by atoms with Crippen LogP contribution >= 0.6 is 0 Å². The first kappa shape index (κ1) is 13.8. The predicted molar refractivity (Wildman–Crippen MR) is 71.3 cm³/mol. The van der Waals surface area contributed by atoms with Crippen LogP contribution in [0.5, 0.6) is 5.75 Å². The van der Waals surface area contributed by atoms with E-state index in [2.05, 4.69) is 25.8 Å². The molecule has 1 aromatic carbocycles. The van der Waals surface area contributed by atoms with Crippen LogP contribution in [0.2, 0.25) is 0 Å². The van der Waals surface area contributed by atoms with Gasteiger partial charge in [0.05, 0.1) is 0 Å². The monoisotopic (exact) mass is 264 g/mol. The molecule has 0 bridgehead atoms. The highest BCUT2D eigenvalue weighted by atomic mass is 16.5. The fraction of sp³-hybridized carbons (Fsp3) is 0.500. The fourth-order valence-electron chi connectivity index (χ4n) is 2.42. The molecule has 0 unspecified atom stereocenters. The van der Waals surface area contributed by atoms with E-state index in [9.17, 15) is 4.79 Å². The van der Waals surface area contributed by atoms with E-state index in [-0.39, 0.29) is 0 Å². The van der Waals surface area contributed by atoms with Gasteiger partial charge in [-0.25, -0.2) is 5.48 Å². The maximum absolute atomic E-state index is 11.4. The van der Waals surface area contributed by atoms with Crippen LogP contribution < -0.4 is 10.2 Å². The van der Waals surface area contributed by atoms with Gasteiger partial charge in [-0.2, -0.15) is 0 Å². The topological polar surface area (TPSA) is 61.8 Å². The summed E-state index contributed by atoms with van der Waals surface area (Å²) >= 11 is 0. The molecular weight excluding hydrogens is 244 g/mol. The molecule has 1 heterocycles. The molecule has 0 fully saturated rings. The van der Waals surface area contributed by atoms with E-state index in [1.807, 2.05) is 6.07 Å². The molecule has 5 nitrogen and oxygen atoms in total. The average molecular weight is 264 g/mol. The summed E-state index contributed by atoms with van der Waals surface area (Å²) in [6, 6.07) is 5.59. The third kappa shape index (κ3) is 2.88. The SMILES string of the molecule is CC(C)[C@@H]1COc2cc(C(=O)NO)ccc2CN1C. The number of hydrogen-bond acceptors (Lipinski definition) is 4. The largest absolute Gasteiger partial charge is 0.492 e. The first-order chi connectivity index (χ1) is 9.02. The summed E-state index contributed by atoms with van der Waals surface area (Å²) in [6.07, 6.45) is 0. The highest BCUT2D eigenvalue weighted by molar-refractivity contribution is 5.93. The zero-order valence-corrected chi connectivity index (χ0v) is 11.5. The van der Waals surface area contributed by atoms with Crippen LogP contribution in [0.25, 0.3) is 0 Å². The van der Waals surface area contributed by atoms with Crippen LogP contribution in [0.15, 0.2) is 18.2 Å². The predicted octanol–water partition coefficient (Wildman–Crippen LogP) is 1.65. The minimum atomic E-state index is -0.524. The van der Waals surface area contributed by atoms with E-state index in [0.29, 0.717) is 24.1 Å². The molecular formula is C14H20N2O3. The zero-order chi connectivity index (χ0) is 14.0. The van der Waals surface area contributed by atoms with Gasteiger partial charge < -0.3 is 4.74 Å². The number of amides is 1. The van der Waals surface area contributed by atoms with Crippen molar-refractivity contribution >= 4 is 5.91 Å². The number of nitrogens with one attached hydrogen (secondary N) is 1. The molecule has 1 aromatic rings. The second-order valence-electron chi connectivity index (χ2n) is 5.30. The molecule has 1 atom stereocenters. The van der Waals surface area contributed by atoms with Crippen molar-refractivity contribution in [3.8, 4) is 5.75 Å². The fourth-order valence-corrected chi connectivity index (χ4v) is 2.42. The molecule has 1 amide bonds. The van der Waals surface area contributed by atoms with Crippen molar-refractivity contribution in [2.75, 3.05) is 13.7 Å². The number of carbonyl (C=O) groups is 1. The molecule has 2 N–H and O–H groups in total. The van der Waals surface area contributed by atoms with Crippen LogP contribution in [0.4, 0.5) is 0 Å².